The highest BCUT2D eigenvalue weighted by Crippen LogP contribution is 2.24. The Morgan fingerprint density at radius 3 is 2.80 bits per heavy atom. The van der Waals surface area contributed by atoms with Crippen LogP contribution in [0, 0.1) is 5.92 Å². The second-order valence-electron chi connectivity index (χ2n) is 5.29. The standard InChI is InChI=1S/C14H21N3O2.ClH/c1-10-4-3-6-17(12(10)9-15)14(19)11-5-7-16(2)13(18)8-11;/h5,7-8,10,12H,3-4,6,9,15H2,1-2H3;1H. The Hall–Kier alpha value is -1.33. The number of likely N-dealkylation sites (tertiary alicyclic amines) is 1. The number of carbonyl (C=O) groups excluding carboxylic acids is 1. The first kappa shape index (κ1) is 16.7. The minimum atomic E-state index is -0.166. The molecule has 1 aliphatic heterocycles. The zero-order chi connectivity index (χ0) is 14.0. The number of rotatable bonds is 2. The summed E-state index contributed by atoms with van der Waals surface area (Å²) in [7, 11) is 1.67. The number of pyridine rings is 1. The zero-order valence-corrected chi connectivity index (χ0v) is 12.7. The average Bonchev–Trinajstić information content (AvgIpc) is 2.40. The van der Waals surface area contributed by atoms with E-state index in [4.69, 9.17) is 5.73 Å². The molecule has 1 saturated heterocycles. The van der Waals surface area contributed by atoms with E-state index in [0.717, 1.165) is 19.4 Å². The van der Waals surface area contributed by atoms with Crippen molar-refractivity contribution < 1.29 is 4.79 Å². The van der Waals surface area contributed by atoms with Crippen LogP contribution in [0.2, 0.25) is 0 Å². The van der Waals surface area contributed by atoms with Crippen LogP contribution in [0.3, 0.4) is 0 Å². The smallest absolute Gasteiger partial charge is 0.254 e. The lowest BCUT2D eigenvalue weighted by Gasteiger charge is -2.39. The molecule has 6 heteroatoms. The number of hydrogen-bond acceptors (Lipinski definition) is 3. The van der Waals surface area contributed by atoms with Crippen molar-refractivity contribution in [3.05, 3.63) is 34.2 Å². The van der Waals surface area contributed by atoms with Crippen LogP contribution in [0.25, 0.3) is 0 Å². The van der Waals surface area contributed by atoms with Gasteiger partial charge in [-0.1, -0.05) is 6.92 Å². The van der Waals surface area contributed by atoms with E-state index in [9.17, 15) is 9.59 Å². The molecule has 1 fully saturated rings. The molecule has 2 unspecified atom stereocenters. The number of hydrogen-bond donors (Lipinski definition) is 1. The van der Waals surface area contributed by atoms with Gasteiger partial charge in [-0.25, -0.2) is 0 Å². The number of aryl methyl sites for hydroxylation is 1. The maximum atomic E-state index is 12.5. The van der Waals surface area contributed by atoms with E-state index in [1.165, 1.54) is 10.6 Å². The Morgan fingerprint density at radius 2 is 2.20 bits per heavy atom. The van der Waals surface area contributed by atoms with Gasteiger partial charge >= 0.3 is 0 Å². The molecule has 1 amide bonds. The van der Waals surface area contributed by atoms with Crippen molar-refractivity contribution in [1.29, 1.82) is 0 Å². The van der Waals surface area contributed by atoms with Crippen molar-refractivity contribution in [3.8, 4) is 0 Å². The van der Waals surface area contributed by atoms with Crippen molar-refractivity contribution >= 4 is 18.3 Å². The van der Waals surface area contributed by atoms with Crippen molar-refractivity contribution in [1.82, 2.24) is 9.47 Å². The van der Waals surface area contributed by atoms with Crippen LogP contribution >= 0.6 is 12.4 Å². The number of carbonyl (C=O) groups is 1. The Bertz CT molecular complexity index is 529. The minimum Gasteiger partial charge on any atom is -0.334 e. The van der Waals surface area contributed by atoms with Gasteiger partial charge in [-0.05, 0) is 24.8 Å². The Morgan fingerprint density at radius 1 is 1.50 bits per heavy atom. The highest BCUT2D eigenvalue weighted by molar-refractivity contribution is 5.94. The van der Waals surface area contributed by atoms with Crippen LogP contribution in [0.15, 0.2) is 23.1 Å². The quantitative estimate of drug-likeness (QED) is 0.886. The summed E-state index contributed by atoms with van der Waals surface area (Å²) in [6.45, 7) is 3.32. The lowest BCUT2D eigenvalue weighted by Crippen LogP contribution is -2.51. The van der Waals surface area contributed by atoms with Gasteiger partial charge in [0.15, 0.2) is 0 Å². The zero-order valence-electron chi connectivity index (χ0n) is 11.9. The van der Waals surface area contributed by atoms with Gasteiger partial charge in [0.05, 0.1) is 0 Å². The van der Waals surface area contributed by atoms with Gasteiger partial charge in [-0.3, -0.25) is 9.59 Å². The number of piperidine rings is 1. The highest BCUT2D eigenvalue weighted by atomic mass is 35.5. The number of nitrogens with zero attached hydrogens (tertiary/aromatic N) is 2. The fourth-order valence-corrected chi connectivity index (χ4v) is 2.71. The maximum absolute atomic E-state index is 12.5. The fraction of sp³-hybridized carbons (Fsp3) is 0.571. The third-order valence-electron chi connectivity index (χ3n) is 3.97. The highest BCUT2D eigenvalue weighted by Gasteiger charge is 2.31. The summed E-state index contributed by atoms with van der Waals surface area (Å²) in [5.74, 6) is 0.328. The molecule has 5 nitrogen and oxygen atoms in total. The summed E-state index contributed by atoms with van der Waals surface area (Å²) < 4.78 is 1.45. The van der Waals surface area contributed by atoms with Crippen molar-refractivity contribution in [2.24, 2.45) is 18.7 Å². The first-order chi connectivity index (χ1) is 9.04. The summed E-state index contributed by atoms with van der Waals surface area (Å²) in [6, 6.07) is 3.16. The van der Waals surface area contributed by atoms with Gasteiger partial charge < -0.3 is 15.2 Å². The van der Waals surface area contributed by atoms with Crippen LogP contribution in [0.4, 0.5) is 0 Å². The van der Waals surface area contributed by atoms with E-state index >= 15 is 0 Å². The first-order valence-corrected chi connectivity index (χ1v) is 6.72. The summed E-state index contributed by atoms with van der Waals surface area (Å²) in [5, 5.41) is 0. The summed E-state index contributed by atoms with van der Waals surface area (Å²) in [5.41, 5.74) is 6.08. The van der Waals surface area contributed by atoms with Gasteiger partial charge in [-0.15, -0.1) is 12.4 Å². The van der Waals surface area contributed by atoms with Gasteiger partial charge in [0.1, 0.15) is 0 Å². The Labute approximate surface area is 125 Å². The molecule has 112 valence electrons. The summed E-state index contributed by atoms with van der Waals surface area (Å²) in [4.78, 5) is 25.9. The van der Waals surface area contributed by atoms with E-state index in [2.05, 4.69) is 6.92 Å². The molecule has 0 aromatic carbocycles. The molecule has 2 N–H and O–H groups in total. The molecule has 1 aliphatic rings. The number of nitrogens with two attached hydrogens (primary N) is 1. The van der Waals surface area contributed by atoms with E-state index in [1.807, 2.05) is 4.90 Å². The molecular weight excluding hydrogens is 278 g/mol. The topological polar surface area (TPSA) is 68.3 Å². The molecule has 0 bridgehead atoms. The predicted octanol–water partition coefficient (Wildman–Crippen LogP) is 1.01. The number of halogens is 1. The van der Waals surface area contributed by atoms with Crippen LogP contribution in [0.5, 0.6) is 0 Å². The molecule has 2 heterocycles. The summed E-state index contributed by atoms with van der Waals surface area (Å²) in [6.07, 6.45) is 3.72. The predicted molar refractivity (Wildman–Crippen MR) is 81.2 cm³/mol. The van der Waals surface area contributed by atoms with Crippen LogP contribution in [-0.2, 0) is 7.05 Å². The molecule has 0 aliphatic carbocycles. The van der Waals surface area contributed by atoms with Crippen molar-refractivity contribution in [2.75, 3.05) is 13.1 Å². The number of aromatic nitrogens is 1. The molecular formula is C14H22ClN3O2. The fourth-order valence-electron chi connectivity index (χ4n) is 2.71. The van der Waals surface area contributed by atoms with Crippen LogP contribution in [-0.4, -0.2) is 34.5 Å². The Kier molecular flexibility index (Phi) is 5.77. The van der Waals surface area contributed by atoms with E-state index in [-0.39, 0.29) is 29.9 Å². The molecule has 2 rings (SSSR count). The van der Waals surface area contributed by atoms with Crippen LogP contribution in [0.1, 0.15) is 30.1 Å². The normalized spacial score (nSPS) is 22.2. The molecule has 2 atom stereocenters. The number of amides is 1. The van der Waals surface area contributed by atoms with Crippen LogP contribution < -0.4 is 11.3 Å². The third kappa shape index (κ3) is 3.22. The van der Waals surface area contributed by atoms with E-state index in [1.54, 1.807) is 19.3 Å². The largest absolute Gasteiger partial charge is 0.334 e. The van der Waals surface area contributed by atoms with Gasteiger partial charge in [0.25, 0.3) is 11.5 Å². The minimum absolute atomic E-state index is 0. The molecule has 0 radical (unpaired) electrons. The molecule has 20 heavy (non-hydrogen) atoms. The second kappa shape index (κ2) is 6.90. The average molecular weight is 300 g/mol. The van der Waals surface area contributed by atoms with Gasteiger partial charge in [-0.2, -0.15) is 0 Å². The van der Waals surface area contributed by atoms with Crippen molar-refractivity contribution in [3.63, 3.8) is 0 Å². The van der Waals surface area contributed by atoms with E-state index < -0.39 is 0 Å². The maximum Gasteiger partial charge on any atom is 0.254 e. The van der Waals surface area contributed by atoms with Crippen molar-refractivity contribution in [2.45, 2.75) is 25.8 Å². The lowest BCUT2D eigenvalue weighted by atomic mass is 9.90. The Balaban J connectivity index is 0.00000200. The first-order valence-electron chi connectivity index (χ1n) is 6.72. The molecule has 1 aromatic rings. The third-order valence-corrected chi connectivity index (χ3v) is 3.97. The monoisotopic (exact) mass is 299 g/mol. The second-order valence-corrected chi connectivity index (χ2v) is 5.29. The van der Waals surface area contributed by atoms with Gasteiger partial charge in [0, 0.05) is 44.0 Å². The lowest BCUT2D eigenvalue weighted by molar-refractivity contribution is 0.0532. The molecule has 1 aromatic heterocycles. The molecule has 0 saturated carbocycles. The summed E-state index contributed by atoms with van der Waals surface area (Å²) >= 11 is 0. The van der Waals surface area contributed by atoms with Gasteiger partial charge in [0.2, 0.25) is 0 Å². The SMILES string of the molecule is CC1CCCN(C(=O)c2ccn(C)c(=O)c2)C1CN.Cl. The molecule has 0 spiro atoms. The van der Waals surface area contributed by atoms with E-state index in [0.29, 0.717) is 18.0 Å².